The number of hydrogen-bond acceptors (Lipinski definition) is 5. The topological polar surface area (TPSA) is 75.3 Å². The molecule has 3 heterocycles. The molecule has 2 aliphatic heterocycles. The van der Waals surface area contributed by atoms with Gasteiger partial charge in [-0.2, -0.15) is 0 Å². The SMILES string of the molecule is CCCc1nc(N)c(C)c(N2C3CCC2CC(O)C3)n1. The normalized spacial score (nSPS) is 28.9. The molecule has 0 spiro atoms. The van der Waals surface area contributed by atoms with Crippen LogP contribution >= 0.6 is 0 Å². The molecule has 2 fully saturated rings. The van der Waals surface area contributed by atoms with Gasteiger partial charge in [-0.15, -0.1) is 0 Å². The lowest BCUT2D eigenvalue weighted by Crippen LogP contribution is -2.45. The summed E-state index contributed by atoms with van der Waals surface area (Å²) in [5.74, 6) is 2.44. The van der Waals surface area contributed by atoms with Crippen LogP contribution in [-0.4, -0.2) is 33.3 Å². The first-order valence-electron chi connectivity index (χ1n) is 7.69. The lowest BCUT2D eigenvalue weighted by Gasteiger charge is -2.39. The second kappa shape index (κ2) is 5.20. The van der Waals surface area contributed by atoms with Crippen molar-refractivity contribution in [1.29, 1.82) is 0 Å². The summed E-state index contributed by atoms with van der Waals surface area (Å²) in [5, 5.41) is 9.93. The van der Waals surface area contributed by atoms with E-state index < -0.39 is 0 Å². The smallest absolute Gasteiger partial charge is 0.137 e. The van der Waals surface area contributed by atoms with Gasteiger partial charge in [0.2, 0.25) is 0 Å². The second-order valence-corrected chi connectivity index (χ2v) is 6.14. The maximum absolute atomic E-state index is 9.93. The molecule has 0 aliphatic carbocycles. The molecule has 2 unspecified atom stereocenters. The van der Waals surface area contributed by atoms with E-state index in [0.29, 0.717) is 17.9 Å². The Bertz CT molecular complexity index is 491. The number of anilines is 2. The average molecular weight is 276 g/mol. The van der Waals surface area contributed by atoms with Crippen LogP contribution in [0, 0.1) is 6.92 Å². The molecule has 20 heavy (non-hydrogen) atoms. The third kappa shape index (κ3) is 2.24. The van der Waals surface area contributed by atoms with Crippen LogP contribution in [0.5, 0.6) is 0 Å². The molecular formula is C15H24N4O. The first-order chi connectivity index (χ1) is 9.60. The van der Waals surface area contributed by atoms with Gasteiger partial charge in [-0.25, -0.2) is 9.97 Å². The minimum atomic E-state index is -0.154. The number of aliphatic hydroxyl groups excluding tert-OH is 1. The molecule has 1 aromatic rings. The zero-order valence-corrected chi connectivity index (χ0v) is 12.3. The van der Waals surface area contributed by atoms with E-state index in [1.165, 1.54) is 0 Å². The van der Waals surface area contributed by atoms with Crippen molar-refractivity contribution in [1.82, 2.24) is 9.97 Å². The van der Waals surface area contributed by atoms with Gasteiger partial charge in [-0.05, 0) is 39.0 Å². The Morgan fingerprint density at radius 2 is 1.90 bits per heavy atom. The molecule has 2 atom stereocenters. The van der Waals surface area contributed by atoms with Crippen molar-refractivity contribution >= 4 is 11.6 Å². The maximum atomic E-state index is 9.93. The van der Waals surface area contributed by atoms with E-state index in [1.54, 1.807) is 0 Å². The number of nitrogens with two attached hydrogens (primary N) is 1. The van der Waals surface area contributed by atoms with Crippen molar-refractivity contribution < 1.29 is 5.11 Å². The molecule has 5 nitrogen and oxygen atoms in total. The molecule has 0 amide bonds. The fraction of sp³-hybridized carbons (Fsp3) is 0.733. The van der Waals surface area contributed by atoms with Crippen molar-refractivity contribution in [2.24, 2.45) is 0 Å². The highest BCUT2D eigenvalue weighted by Crippen LogP contribution is 2.40. The van der Waals surface area contributed by atoms with Crippen molar-refractivity contribution in [3.63, 3.8) is 0 Å². The number of fused-ring (bicyclic) bond motifs is 2. The van der Waals surface area contributed by atoms with Gasteiger partial charge in [0.1, 0.15) is 17.5 Å². The third-order valence-corrected chi connectivity index (χ3v) is 4.63. The molecule has 2 saturated heterocycles. The van der Waals surface area contributed by atoms with Crippen LogP contribution in [0.4, 0.5) is 11.6 Å². The van der Waals surface area contributed by atoms with Crippen LogP contribution in [0.1, 0.15) is 50.4 Å². The Labute approximate surface area is 120 Å². The molecule has 0 radical (unpaired) electrons. The molecule has 5 heteroatoms. The van der Waals surface area contributed by atoms with Gasteiger partial charge in [0, 0.05) is 24.1 Å². The van der Waals surface area contributed by atoms with Gasteiger partial charge < -0.3 is 15.7 Å². The number of piperidine rings is 1. The largest absolute Gasteiger partial charge is 0.393 e. The van der Waals surface area contributed by atoms with Crippen molar-refractivity contribution in [2.45, 2.75) is 70.6 Å². The number of aryl methyl sites for hydroxylation is 1. The number of rotatable bonds is 3. The van der Waals surface area contributed by atoms with Crippen molar-refractivity contribution in [2.75, 3.05) is 10.6 Å². The Kier molecular flexibility index (Phi) is 3.54. The van der Waals surface area contributed by atoms with Gasteiger partial charge in [0.05, 0.1) is 6.10 Å². The van der Waals surface area contributed by atoms with Crippen LogP contribution in [-0.2, 0) is 6.42 Å². The summed E-state index contributed by atoms with van der Waals surface area (Å²) in [6, 6.07) is 0.817. The first-order valence-corrected chi connectivity index (χ1v) is 7.69. The standard InChI is InChI=1S/C15H24N4O/c1-3-4-13-17-14(16)9(2)15(18-13)19-10-5-6-11(19)8-12(20)7-10/h10-12,20H,3-8H2,1-2H3,(H2,16,17,18). The Balaban J connectivity index is 1.97. The van der Waals surface area contributed by atoms with E-state index >= 15 is 0 Å². The Morgan fingerprint density at radius 3 is 2.50 bits per heavy atom. The second-order valence-electron chi connectivity index (χ2n) is 6.14. The molecule has 110 valence electrons. The predicted molar refractivity (Wildman–Crippen MR) is 79.7 cm³/mol. The van der Waals surface area contributed by atoms with E-state index in [4.69, 9.17) is 10.7 Å². The monoisotopic (exact) mass is 276 g/mol. The minimum Gasteiger partial charge on any atom is -0.393 e. The number of nitrogens with zero attached hydrogens (tertiary/aromatic N) is 3. The first kappa shape index (κ1) is 13.6. The van der Waals surface area contributed by atoms with Crippen LogP contribution in [0.3, 0.4) is 0 Å². The molecule has 2 aliphatic rings. The highest BCUT2D eigenvalue weighted by molar-refractivity contribution is 5.58. The zero-order valence-electron chi connectivity index (χ0n) is 12.3. The number of nitrogen functional groups attached to an aromatic ring is 1. The lowest BCUT2D eigenvalue weighted by molar-refractivity contribution is 0.126. The van der Waals surface area contributed by atoms with E-state index in [9.17, 15) is 5.11 Å². The van der Waals surface area contributed by atoms with Crippen molar-refractivity contribution in [3.05, 3.63) is 11.4 Å². The fourth-order valence-corrected chi connectivity index (χ4v) is 3.65. The van der Waals surface area contributed by atoms with E-state index in [-0.39, 0.29) is 6.10 Å². The quantitative estimate of drug-likeness (QED) is 0.880. The molecule has 3 N–H and O–H groups in total. The van der Waals surface area contributed by atoms with Crippen LogP contribution in [0.2, 0.25) is 0 Å². The van der Waals surface area contributed by atoms with Crippen LogP contribution in [0.25, 0.3) is 0 Å². The van der Waals surface area contributed by atoms with Crippen LogP contribution in [0.15, 0.2) is 0 Å². The zero-order chi connectivity index (χ0) is 14.3. The summed E-state index contributed by atoms with van der Waals surface area (Å²) in [4.78, 5) is 11.6. The molecule has 2 bridgehead atoms. The number of aliphatic hydroxyl groups is 1. The lowest BCUT2D eigenvalue weighted by atomic mass is 9.99. The summed E-state index contributed by atoms with van der Waals surface area (Å²) >= 11 is 0. The summed E-state index contributed by atoms with van der Waals surface area (Å²) in [6.45, 7) is 4.13. The number of aromatic nitrogens is 2. The average Bonchev–Trinajstić information content (AvgIpc) is 2.66. The molecular weight excluding hydrogens is 252 g/mol. The van der Waals surface area contributed by atoms with Gasteiger partial charge >= 0.3 is 0 Å². The minimum absolute atomic E-state index is 0.154. The Morgan fingerprint density at radius 1 is 1.25 bits per heavy atom. The summed E-state index contributed by atoms with van der Waals surface area (Å²) in [5.41, 5.74) is 7.05. The van der Waals surface area contributed by atoms with Crippen LogP contribution < -0.4 is 10.6 Å². The van der Waals surface area contributed by atoms with E-state index in [1.807, 2.05) is 6.92 Å². The van der Waals surface area contributed by atoms with Crippen molar-refractivity contribution in [3.8, 4) is 0 Å². The number of hydrogen-bond donors (Lipinski definition) is 2. The molecule has 0 saturated carbocycles. The third-order valence-electron chi connectivity index (χ3n) is 4.63. The fourth-order valence-electron chi connectivity index (χ4n) is 3.65. The van der Waals surface area contributed by atoms with Gasteiger partial charge in [0.15, 0.2) is 0 Å². The van der Waals surface area contributed by atoms with E-state index in [2.05, 4.69) is 16.8 Å². The summed E-state index contributed by atoms with van der Waals surface area (Å²) in [7, 11) is 0. The maximum Gasteiger partial charge on any atom is 0.137 e. The Hall–Kier alpha value is -1.36. The summed E-state index contributed by atoms with van der Waals surface area (Å²) in [6.07, 6.45) is 5.73. The molecule has 0 aromatic carbocycles. The van der Waals surface area contributed by atoms with Gasteiger partial charge in [-0.3, -0.25) is 0 Å². The van der Waals surface area contributed by atoms with Gasteiger partial charge in [-0.1, -0.05) is 6.92 Å². The molecule has 1 aromatic heterocycles. The predicted octanol–water partition coefficient (Wildman–Crippen LogP) is 1.81. The van der Waals surface area contributed by atoms with E-state index in [0.717, 1.165) is 55.7 Å². The molecule has 3 rings (SSSR count). The highest BCUT2D eigenvalue weighted by atomic mass is 16.3. The highest BCUT2D eigenvalue weighted by Gasteiger charge is 2.41. The summed E-state index contributed by atoms with van der Waals surface area (Å²) < 4.78 is 0. The van der Waals surface area contributed by atoms with Gasteiger partial charge in [0.25, 0.3) is 0 Å².